The SMILES string of the molecule is Cc1cnc(-c2cccc(N(C)C(=O)C3(C)CC3)c2F)cc1-n1c(C)cc([C@H]2C[C@@H]2c2cncc(Cl)c2)c(Cl)c1=O. The van der Waals surface area contributed by atoms with Crippen LogP contribution in [-0.4, -0.2) is 27.5 Å². The first-order valence-corrected chi connectivity index (χ1v) is 14.3. The Labute approximate surface area is 247 Å². The van der Waals surface area contributed by atoms with E-state index in [1.807, 2.05) is 32.9 Å². The molecule has 0 bridgehead atoms. The van der Waals surface area contributed by atoms with Gasteiger partial charge < -0.3 is 4.90 Å². The monoisotopic (exact) mass is 590 g/mol. The Morgan fingerprint density at radius 1 is 1.10 bits per heavy atom. The summed E-state index contributed by atoms with van der Waals surface area (Å²) in [4.78, 5) is 36.6. The van der Waals surface area contributed by atoms with Crippen LogP contribution in [-0.2, 0) is 4.79 Å². The van der Waals surface area contributed by atoms with Crippen molar-refractivity contribution in [2.24, 2.45) is 5.41 Å². The molecular formula is C32H29Cl2FN4O2. The summed E-state index contributed by atoms with van der Waals surface area (Å²) >= 11 is 12.8. The first-order chi connectivity index (χ1) is 19.5. The number of anilines is 1. The fourth-order valence-corrected chi connectivity index (χ4v) is 6.10. The molecule has 2 saturated carbocycles. The van der Waals surface area contributed by atoms with Gasteiger partial charge in [0.25, 0.3) is 5.56 Å². The number of benzene rings is 1. The smallest absolute Gasteiger partial charge is 0.274 e. The van der Waals surface area contributed by atoms with Crippen LogP contribution in [0.4, 0.5) is 10.1 Å². The van der Waals surface area contributed by atoms with Crippen LogP contribution < -0.4 is 10.5 Å². The van der Waals surface area contributed by atoms with Gasteiger partial charge in [-0.05, 0) is 92.0 Å². The van der Waals surface area contributed by atoms with E-state index >= 15 is 4.39 Å². The van der Waals surface area contributed by atoms with Gasteiger partial charge in [0.15, 0.2) is 5.82 Å². The number of halogens is 3. The zero-order valence-electron chi connectivity index (χ0n) is 23.2. The molecule has 0 spiro atoms. The summed E-state index contributed by atoms with van der Waals surface area (Å²) < 4.78 is 17.4. The summed E-state index contributed by atoms with van der Waals surface area (Å²) in [6.07, 6.45) is 7.47. The Kier molecular flexibility index (Phi) is 6.78. The molecule has 2 atom stereocenters. The molecule has 6 nitrogen and oxygen atoms in total. The first-order valence-electron chi connectivity index (χ1n) is 13.6. The lowest BCUT2D eigenvalue weighted by Gasteiger charge is -2.22. The Hall–Kier alpha value is -3.55. The van der Waals surface area contributed by atoms with Crippen LogP contribution in [0.2, 0.25) is 10.0 Å². The Morgan fingerprint density at radius 2 is 1.85 bits per heavy atom. The number of hydrogen-bond acceptors (Lipinski definition) is 4. The maximum Gasteiger partial charge on any atom is 0.274 e. The molecule has 41 heavy (non-hydrogen) atoms. The Balaban J connectivity index is 1.36. The molecule has 210 valence electrons. The van der Waals surface area contributed by atoms with Crippen LogP contribution in [0.5, 0.6) is 0 Å². The van der Waals surface area contributed by atoms with Crippen molar-refractivity contribution in [3.05, 3.63) is 104 Å². The van der Waals surface area contributed by atoms with E-state index < -0.39 is 11.2 Å². The highest BCUT2D eigenvalue weighted by Gasteiger charge is 2.47. The predicted octanol–water partition coefficient (Wildman–Crippen LogP) is 7.39. The number of amides is 1. The van der Waals surface area contributed by atoms with Crippen LogP contribution in [0.25, 0.3) is 16.9 Å². The van der Waals surface area contributed by atoms with Gasteiger partial charge in [-0.1, -0.05) is 36.2 Å². The normalized spacial score (nSPS) is 18.7. The summed E-state index contributed by atoms with van der Waals surface area (Å²) in [5.41, 5.74) is 3.87. The van der Waals surface area contributed by atoms with Gasteiger partial charge in [0.05, 0.1) is 22.1 Å². The highest BCUT2D eigenvalue weighted by Crippen LogP contribution is 2.56. The number of aromatic nitrogens is 3. The van der Waals surface area contributed by atoms with E-state index in [1.54, 1.807) is 54.5 Å². The quantitative estimate of drug-likeness (QED) is 0.235. The second-order valence-electron chi connectivity index (χ2n) is 11.5. The molecule has 4 aromatic rings. The van der Waals surface area contributed by atoms with Gasteiger partial charge >= 0.3 is 0 Å². The molecule has 1 amide bonds. The molecule has 0 unspecified atom stereocenters. The highest BCUT2D eigenvalue weighted by molar-refractivity contribution is 6.31. The lowest BCUT2D eigenvalue weighted by Crippen LogP contribution is -2.33. The van der Waals surface area contributed by atoms with Crippen molar-refractivity contribution in [3.8, 4) is 16.9 Å². The van der Waals surface area contributed by atoms with Gasteiger partial charge in [0, 0.05) is 42.3 Å². The minimum Gasteiger partial charge on any atom is -0.312 e. The fourth-order valence-electron chi connectivity index (χ4n) is 5.64. The van der Waals surface area contributed by atoms with E-state index in [0.29, 0.717) is 22.1 Å². The summed E-state index contributed by atoms with van der Waals surface area (Å²) in [7, 11) is 1.60. The van der Waals surface area contributed by atoms with Crippen molar-refractivity contribution in [3.63, 3.8) is 0 Å². The number of hydrogen-bond donors (Lipinski definition) is 0. The van der Waals surface area contributed by atoms with Crippen molar-refractivity contribution >= 4 is 34.8 Å². The number of nitrogens with zero attached hydrogens (tertiary/aromatic N) is 4. The third-order valence-electron chi connectivity index (χ3n) is 8.46. The second kappa shape index (κ2) is 10.1. The van der Waals surface area contributed by atoms with Crippen LogP contribution in [0.1, 0.15) is 60.4 Å². The number of rotatable bonds is 6. The molecule has 2 aliphatic carbocycles. The number of aryl methyl sites for hydroxylation is 2. The van der Waals surface area contributed by atoms with Crippen LogP contribution in [0.15, 0.2) is 59.8 Å². The van der Waals surface area contributed by atoms with Gasteiger partial charge in [-0.15, -0.1) is 0 Å². The van der Waals surface area contributed by atoms with E-state index in [-0.39, 0.29) is 39.6 Å². The van der Waals surface area contributed by atoms with Crippen molar-refractivity contribution in [2.75, 3.05) is 11.9 Å². The van der Waals surface area contributed by atoms with Crippen LogP contribution in [0, 0.1) is 25.1 Å². The summed E-state index contributed by atoms with van der Waals surface area (Å²) in [5, 5.41) is 0.741. The van der Waals surface area contributed by atoms with Crippen molar-refractivity contribution < 1.29 is 9.18 Å². The molecule has 2 aliphatic rings. The second-order valence-corrected chi connectivity index (χ2v) is 12.3. The maximum absolute atomic E-state index is 15.8. The average molecular weight is 592 g/mol. The Bertz CT molecular complexity index is 1780. The minimum absolute atomic E-state index is 0.104. The molecule has 3 aromatic heterocycles. The van der Waals surface area contributed by atoms with Gasteiger partial charge in [0.2, 0.25) is 5.91 Å². The molecule has 3 heterocycles. The van der Waals surface area contributed by atoms with Gasteiger partial charge in [-0.3, -0.25) is 24.1 Å². The van der Waals surface area contributed by atoms with Crippen molar-refractivity contribution in [1.29, 1.82) is 0 Å². The van der Waals surface area contributed by atoms with Crippen molar-refractivity contribution in [1.82, 2.24) is 14.5 Å². The van der Waals surface area contributed by atoms with E-state index in [1.165, 1.54) is 4.90 Å². The minimum atomic E-state index is -0.539. The number of carbonyl (C=O) groups excluding carboxylic acids is 1. The molecule has 0 saturated heterocycles. The summed E-state index contributed by atoms with van der Waals surface area (Å²) in [6.45, 7) is 5.60. The fraction of sp³-hybridized carbons (Fsp3) is 0.312. The van der Waals surface area contributed by atoms with Gasteiger partial charge in [-0.2, -0.15) is 0 Å². The molecular weight excluding hydrogens is 562 g/mol. The standard InChI is InChI=1S/C32H29Cl2FN4O2/c1-17-14-37-25(21-6-5-7-26(29(21)35)38(4)31(41)32(3)8-9-32)13-27(17)39-18(2)10-24(28(34)30(39)40)23-12-22(23)19-11-20(33)16-36-15-19/h5-7,10-11,13-16,22-23H,8-9,12H2,1-4H3/t22-,23+/m1/s1. The van der Waals surface area contributed by atoms with E-state index in [4.69, 9.17) is 23.2 Å². The lowest BCUT2D eigenvalue weighted by molar-refractivity contribution is -0.122. The lowest BCUT2D eigenvalue weighted by atomic mass is 10.0. The van der Waals surface area contributed by atoms with E-state index in [0.717, 1.165) is 36.0 Å². The molecule has 1 aromatic carbocycles. The average Bonchev–Trinajstić information content (AvgIpc) is 3.88. The largest absolute Gasteiger partial charge is 0.312 e. The van der Waals surface area contributed by atoms with Crippen LogP contribution >= 0.6 is 23.2 Å². The predicted molar refractivity (Wildman–Crippen MR) is 160 cm³/mol. The highest BCUT2D eigenvalue weighted by atomic mass is 35.5. The number of carbonyl (C=O) groups is 1. The zero-order chi connectivity index (χ0) is 29.2. The number of pyridine rings is 3. The molecule has 6 rings (SSSR count). The first kappa shape index (κ1) is 27.6. The molecule has 2 fully saturated rings. The third kappa shape index (κ3) is 4.85. The summed E-state index contributed by atoms with van der Waals surface area (Å²) in [5.74, 6) is -0.340. The van der Waals surface area contributed by atoms with Crippen molar-refractivity contribution in [2.45, 2.75) is 51.9 Å². The molecule has 9 heteroatoms. The molecule has 0 aliphatic heterocycles. The van der Waals surface area contributed by atoms with E-state index in [2.05, 4.69) is 9.97 Å². The third-order valence-corrected chi connectivity index (χ3v) is 9.04. The molecule has 0 N–H and O–H groups in total. The van der Waals surface area contributed by atoms with E-state index in [9.17, 15) is 9.59 Å². The van der Waals surface area contributed by atoms with Gasteiger partial charge in [-0.25, -0.2) is 4.39 Å². The Morgan fingerprint density at radius 3 is 2.56 bits per heavy atom. The topological polar surface area (TPSA) is 68.1 Å². The zero-order valence-corrected chi connectivity index (χ0v) is 24.7. The maximum atomic E-state index is 15.8. The molecule has 0 radical (unpaired) electrons. The summed E-state index contributed by atoms with van der Waals surface area (Å²) in [6, 6.07) is 10.5. The van der Waals surface area contributed by atoms with Crippen LogP contribution in [0.3, 0.4) is 0 Å². The van der Waals surface area contributed by atoms with Gasteiger partial charge in [0.1, 0.15) is 5.02 Å².